The minimum Gasteiger partial charge on any atom is -0.494 e. The van der Waals surface area contributed by atoms with Crippen molar-refractivity contribution in [3.05, 3.63) is 67.5 Å². The van der Waals surface area contributed by atoms with Gasteiger partial charge in [0.25, 0.3) is 0 Å². The maximum absolute atomic E-state index is 13.1. The molecule has 1 aliphatic rings. The first-order valence-corrected chi connectivity index (χ1v) is 16.2. The smallest absolute Gasteiger partial charge is 0.410 e. The van der Waals surface area contributed by atoms with Crippen molar-refractivity contribution >= 4 is 51.8 Å². The van der Waals surface area contributed by atoms with Gasteiger partial charge >= 0.3 is 6.09 Å². The van der Waals surface area contributed by atoms with Crippen LogP contribution in [0.4, 0.5) is 27.8 Å². The number of ether oxygens (including phenoxy) is 2. The lowest BCUT2D eigenvalue weighted by atomic mass is 10.1. The summed E-state index contributed by atoms with van der Waals surface area (Å²) in [5, 5.41) is 10.2. The van der Waals surface area contributed by atoms with Crippen molar-refractivity contribution in [2.75, 3.05) is 49.3 Å². The second-order valence-corrected chi connectivity index (χ2v) is 12.9. The molecule has 3 heterocycles. The number of rotatable bonds is 11. The van der Waals surface area contributed by atoms with Crippen LogP contribution in [0.1, 0.15) is 33.6 Å². The second-order valence-electron chi connectivity index (χ2n) is 12.9. The van der Waals surface area contributed by atoms with Gasteiger partial charge in [-0.05, 0) is 57.9 Å². The lowest BCUT2D eigenvalue weighted by Crippen LogP contribution is -2.48. The molecular formula is C36H44N8O5. The maximum Gasteiger partial charge on any atom is 0.410 e. The number of fused-ring (bicyclic) bond motifs is 1. The molecular weight excluding hydrogens is 624 g/mol. The number of likely N-dealkylation sites (N-methyl/N-ethyl adjacent to an activating group) is 1. The summed E-state index contributed by atoms with van der Waals surface area (Å²) in [6.45, 7) is 10.1. The molecule has 5 rings (SSSR count). The average Bonchev–Trinajstić information content (AvgIpc) is 3.70. The van der Waals surface area contributed by atoms with Crippen molar-refractivity contribution in [3.63, 3.8) is 0 Å². The second kappa shape index (κ2) is 14.7. The summed E-state index contributed by atoms with van der Waals surface area (Å²) in [4.78, 5) is 50.9. The van der Waals surface area contributed by atoms with Gasteiger partial charge in [0.1, 0.15) is 17.4 Å². The van der Waals surface area contributed by atoms with Crippen LogP contribution in [-0.4, -0.2) is 82.8 Å². The predicted molar refractivity (Wildman–Crippen MR) is 191 cm³/mol. The van der Waals surface area contributed by atoms with Crippen LogP contribution in [0, 0.1) is 0 Å². The van der Waals surface area contributed by atoms with Gasteiger partial charge in [-0.2, -0.15) is 0 Å². The molecule has 49 heavy (non-hydrogen) atoms. The van der Waals surface area contributed by atoms with Gasteiger partial charge in [0, 0.05) is 68.7 Å². The van der Waals surface area contributed by atoms with Gasteiger partial charge in [0.2, 0.25) is 17.8 Å². The fraction of sp³-hybridized carbons (Fsp3) is 0.361. The molecule has 3 amide bonds. The molecule has 0 saturated carbocycles. The third-order valence-corrected chi connectivity index (χ3v) is 8.18. The minimum absolute atomic E-state index is 0.236. The summed E-state index contributed by atoms with van der Waals surface area (Å²) < 4.78 is 13.3. The Kier molecular flexibility index (Phi) is 10.4. The molecule has 3 N–H and O–H groups in total. The van der Waals surface area contributed by atoms with Crippen molar-refractivity contribution in [3.8, 4) is 17.0 Å². The lowest BCUT2D eigenvalue weighted by molar-refractivity contribution is -0.125. The molecule has 0 unspecified atom stereocenters. The highest BCUT2D eigenvalue weighted by molar-refractivity contribution is 6.02. The zero-order valence-electron chi connectivity index (χ0n) is 28.9. The Morgan fingerprint density at radius 2 is 1.92 bits per heavy atom. The minimum atomic E-state index is -0.650. The van der Waals surface area contributed by atoms with Gasteiger partial charge < -0.3 is 34.9 Å². The third kappa shape index (κ3) is 8.11. The summed E-state index contributed by atoms with van der Waals surface area (Å²) >= 11 is 0. The number of benzene rings is 2. The Bertz CT molecular complexity index is 1860. The van der Waals surface area contributed by atoms with Crippen LogP contribution in [0.5, 0.6) is 5.75 Å². The van der Waals surface area contributed by atoms with Crippen LogP contribution in [0.3, 0.4) is 0 Å². The number of anilines is 4. The average molecular weight is 669 g/mol. The van der Waals surface area contributed by atoms with Crippen molar-refractivity contribution < 1.29 is 23.9 Å². The number of carbonyl (C=O) groups excluding carboxylic acids is 3. The Hall–Kier alpha value is -5.59. The van der Waals surface area contributed by atoms with E-state index in [1.807, 2.05) is 43.4 Å². The van der Waals surface area contributed by atoms with Crippen molar-refractivity contribution in [1.29, 1.82) is 0 Å². The van der Waals surface area contributed by atoms with Crippen LogP contribution in [0.2, 0.25) is 0 Å². The van der Waals surface area contributed by atoms with E-state index in [-0.39, 0.29) is 5.91 Å². The number of hydrogen-bond acceptors (Lipinski definition) is 9. The van der Waals surface area contributed by atoms with Crippen LogP contribution >= 0.6 is 0 Å². The largest absolute Gasteiger partial charge is 0.494 e. The molecule has 13 nitrogen and oxygen atoms in total. The highest BCUT2D eigenvalue weighted by Gasteiger charge is 2.36. The first kappa shape index (κ1) is 34.7. The summed E-state index contributed by atoms with van der Waals surface area (Å²) in [7, 11) is 5.40. The van der Waals surface area contributed by atoms with Gasteiger partial charge in [-0.25, -0.2) is 14.8 Å². The topological polar surface area (TPSA) is 143 Å². The number of methoxy groups -OCH3 is 1. The van der Waals surface area contributed by atoms with E-state index in [0.29, 0.717) is 54.8 Å². The molecule has 13 heteroatoms. The number of hydrogen-bond donors (Lipinski definition) is 3. The number of amides is 3. The number of aromatic nitrogens is 3. The number of carbonyl (C=O) groups is 3. The van der Waals surface area contributed by atoms with E-state index >= 15 is 0 Å². The van der Waals surface area contributed by atoms with Gasteiger partial charge in [0.15, 0.2) is 0 Å². The Balaban J connectivity index is 1.33. The Labute approximate surface area is 286 Å². The number of aryl methyl sites for hydroxylation is 1. The molecule has 258 valence electrons. The zero-order chi connectivity index (χ0) is 35.3. The van der Waals surface area contributed by atoms with Crippen molar-refractivity contribution in [2.24, 2.45) is 7.05 Å². The highest BCUT2D eigenvalue weighted by Crippen LogP contribution is 2.38. The van der Waals surface area contributed by atoms with Crippen molar-refractivity contribution in [2.45, 2.75) is 45.3 Å². The van der Waals surface area contributed by atoms with Crippen LogP contribution < -0.4 is 25.6 Å². The van der Waals surface area contributed by atoms with Gasteiger partial charge in [-0.15, -0.1) is 0 Å². The number of nitrogens with one attached hydrogen (secondary N) is 3. The number of likely N-dealkylation sites (tertiary alicyclic amines) is 1. The standard InChI is InChI=1S/C36H44N8O5/c1-8-32(45)39-26-20-27(41-34-38-16-15-25(40-34)24-22-43(6)28-13-10-9-12-23(24)28)31(48-7)21-30(26)42(5)19-17-37-33(46)29-14-11-18-44(29)35(47)49-36(2,3)4/h8-10,12-13,15-16,20-22,29H,1,11,14,17-19H2,2-7H3,(H,37,46)(H,39,45)(H,38,40,41)/t29-/m0/s1. The molecule has 0 aliphatic carbocycles. The summed E-state index contributed by atoms with van der Waals surface area (Å²) in [6.07, 6.45) is 5.72. The van der Waals surface area contributed by atoms with Gasteiger partial charge in [0.05, 0.1) is 29.9 Å². The molecule has 4 aromatic rings. The molecule has 0 radical (unpaired) electrons. The normalized spacial score (nSPS) is 14.3. The SMILES string of the molecule is C=CC(=O)Nc1cc(Nc2nccc(-c3cn(C)c4ccccc34)n2)c(OC)cc1N(C)CCNC(=O)[C@@H]1CCCN1C(=O)OC(C)(C)C. The third-order valence-electron chi connectivity index (χ3n) is 8.18. The number of nitrogens with zero attached hydrogens (tertiary/aromatic N) is 5. The predicted octanol–water partition coefficient (Wildman–Crippen LogP) is 5.46. The van der Waals surface area contributed by atoms with Crippen LogP contribution in [-0.2, 0) is 21.4 Å². The molecule has 1 saturated heterocycles. The van der Waals surface area contributed by atoms with Crippen LogP contribution in [0.25, 0.3) is 22.2 Å². The lowest BCUT2D eigenvalue weighted by Gasteiger charge is -2.28. The van der Waals surface area contributed by atoms with Gasteiger partial charge in [-0.3, -0.25) is 14.5 Å². The molecule has 1 atom stereocenters. The van der Waals surface area contributed by atoms with E-state index in [9.17, 15) is 14.4 Å². The molecule has 1 aliphatic heterocycles. The fourth-order valence-corrected chi connectivity index (χ4v) is 5.83. The first-order valence-electron chi connectivity index (χ1n) is 16.2. The van der Waals surface area contributed by atoms with E-state index in [0.717, 1.165) is 28.6 Å². The Morgan fingerprint density at radius 1 is 1.14 bits per heavy atom. The monoisotopic (exact) mass is 668 g/mol. The van der Waals surface area contributed by atoms with E-state index in [4.69, 9.17) is 14.5 Å². The molecule has 0 bridgehead atoms. The van der Waals surface area contributed by atoms with E-state index in [1.54, 1.807) is 46.2 Å². The van der Waals surface area contributed by atoms with Crippen molar-refractivity contribution in [1.82, 2.24) is 24.8 Å². The molecule has 2 aromatic heterocycles. The Morgan fingerprint density at radius 3 is 2.65 bits per heavy atom. The molecule has 2 aromatic carbocycles. The number of para-hydroxylation sites is 1. The molecule has 1 fully saturated rings. The van der Waals surface area contributed by atoms with E-state index in [1.165, 1.54) is 11.0 Å². The summed E-state index contributed by atoms with van der Waals surface area (Å²) in [6, 6.07) is 12.9. The van der Waals surface area contributed by atoms with E-state index in [2.05, 4.69) is 44.2 Å². The summed E-state index contributed by atoms with van der Waals surface area (Å²) in [5.74, 6) is 0.207. The first-order chi connectivity index (χ1) is 23.4. The quantitative estimate of drug-likeness (QED) is 0.178. The molecule has 0 spiro atoms. The highest BCUT2D eigenvalue weighted by atomic mass is 16.6. The van der Waals surface area contributed by atoms with Gasteiger partial charge in [-0.1, -0.05) is 24.8 Å². The van der Waals surface area contributed by atoms with Crippen LogP contribution in [0.15, 0.2) is 67.5 Å². The maximum atomic E-state index is 13.1. The zero-order valence-corrected chi connectivity index (χ0v) is 28.9. The van der Waals surface area contributed by atoms with E-state index < -0.39 is 23.6 Å². The fourth-order valence-electron chi connectivity index (χ4n) is 5.83. The summed E-state index contributed by atoms with van der Waals surface area (Å²) in [5.41, 5.74) is 3.83.